The summed E-state index contributed by atoms with van der Waals surface area (Å²) in [6, 6.07) is 0. The number of esters is 1. The number of fused-ring (bicyclic) bond motifs is 1. The van der Waals surface area contributed by atoms with Gasteiger partial charge in [0.2, 0.25) is 5.28 Å². The third kappa shape index (κ3) is 2.85. The molecule has 0 saturated carbocycles. The number of anilines is 1. The third-order valence-electron chi connectivity index (χ3n) is 2.76. The van der Waals surface area contributed by atoms with Crippen LogP contribution in [0.15, 0.2) is 0 Å². The van der Waals surface area contributed by atoms with Gasteiger partial charge in [-0.3, -0.25) is 4.79 Å². The van der Waals surface area contributed by atoms with Crippen molar-refractivity contribution >= 4 is 23.4 Å². The highest BCUT2D eigenvalue weighted by molar-refractivity contribution is 6.28. The molecule has 5 nitrogen and oxygen atoms in total. The number of ether oxygens (including phenoxy) is 1. The van der Waals surface area contributed by atoms with E-state index >= 15 is 0 Å². The summed E-state index contributed by atoms with van der Waals surface area (Å²) in [7, 11) is 1.38. The fourth-order valence-electron chi connectivity index (χ4n) is 1.93. The average molecular weight is 256 g/mol. The monoisotopic (exact) mass is 255 g/mol. The molecule has 0 unspecified atom stereocenters. The predicted molar refractivity (Wildman–Crippen MR) is 64.2 cm³/mol. The number of methoxy groups -OCH3 is 1. The number of aromatic nitrogens is 2. The number of carbonyl (C=O) groups excluding carboxylic acids is 1. The van der Waals surface area contributed by atoms with E-state index < -0.39 is 0 Å². The van der Waals surface area contributed by atoms with Crippen molar-refractivity contribution < 1.29 is 9.53 Å². The highest BCUT2D eigenvalue weighted by atomic mass is 35.5. The number of hydrogen-bond acceptors (Lipinski definition) is 5. The smallest absolute Gasteiger partial charge is 0.307 e. The molecule has 2 rings (SSSR count). The molecule has 1 aliphatic carbocycles. The number of hydrogen-bond donors (Lipinski definition) is 1. The Morgan fingerprint density at radius 2 is 2.29 bits per heavy atom. The second-order valence-electron chi connectivity index (χ2n) is 3.87. The molecule has 6 heteroatoms. The Bertz CT molecular complexity index is 437. The zero-order valence-corrected chi connectivity index (χ0v) is 10.4. The minimum absolute atomic E-state index is 0.241. The van der Waals surface area contributed by atoms with E-state index in [4.69, 9.17) is 11.6 Å². The Hall–Kier alpha value is -1.36. The number of carbonyl (C=O) groups is 1. The lowest BCUT2D eigenvalue weighted by Crippen LogP contribution is -2.12. The summed E-state index contributed by atoms with van der Waals surface area (Å²) in [5, 5.41) is 3.37. The van der Waals surface area contributed by atoms with Crippen molar-refractivity contribution in [3.8, 4) is 0 Å². The van der Waals surface area contributed by atoms with Gasteiger partial charge in [-0.2, -0.15) is 0 Å². The van der Waals surface area contributed by atoms with Gasteiger partial charge in [-0.05, 0) is 30.9 Å². The Morgan fingerprint density at radius 3 is 3.06 bits per heavy atom. The molecule has 1 heterocycles. The minimum Gasteiger partial charge on any atom is -0.469 e. The van der Waals surface area contributed by atoms with Crippen molar-refractivity contribution in [3.05, 3.63) is 16.5 Å². The summed E-state index contributed by atoms with van der Waals surface area (Å²) in [6.07, 6.45) is 3.30. The maximum Gasteiger partial charge on any atom is 0.307 e. The van der Waals surface area contributed by atoms with Gasteiger partial charge in [-0.15, -0.1) is 0 Å². The summed E-state index contributed by atoms with van der Waals surface area (Å²) in [4.78, 5) is 19.3. The molecule has 1 aliphatic rings. The second-order valence-corrected chi connectivity index (χ2v) is 4.21. The molecule has 1 aromatic rings. The van der Waals surface area contributed by atoms with E-state index in [-0.39, 0.29) is 11.3 Å². The molecule has 0 bridgehead atoms. The first-order chi connectivity index (χ1) is 8.20. The fourth-order valence-corrected chi connectivity index (χ4v) is 2.12. The molecule has 0 atom stereocenters. The van der Waals surface area contributed by atoms with E-state index in [1.165, 1.54) is 7.11 Å². The number of rotatable bonds is 4. The van der Waals surface area contributed by atoms with Gasteiger partial charge in [0.1, 0.15) is 5.82 Å². The molecule has 0 radical (unpaired) electrons. The molecule has 0 fully saturated rings. The lowest BCUT2D eigenvalue weighted by atomic mass is 10.2. The summed E-state index contributed by atoms with van der Waals surface area (Å²) in [5.74, 6) is 0.510. The Labute approximate surface area is 105 Å². The zero-order valence-electron chi connectivity index (χ0n) is 9.62. The van der Waals surface area contributed by atoms with E-state index in [0.717, 1.165) is 36.3 Å². The molecular formula is C11H14ClN3O2. The summed E-state index contributed by atoms with van der Waals surface area (Å²) in [6.45, 7) is 0.493. The molecule has 0 aromatic carbocycles. The molecule has 0 aliphatic heterocycles. The van der Waals surface area contributed by atoms with Gasteiger partial charge >= 0.3 is 5.97 Å². The van der Waals surface area contributed by atoms with Crippen LogP contribution in [-0.4, -0.2) is 29.6 Å². The van der Waals surface area contributed by atoms with Crippen molar-refractivity contribution in [2.45, 2.75) is 25.7 Å². The van der Waals surface area contributed by atoms with Gasteiger partial charge in [0.15, 0.2) is 0 Å². The highest BCUT2D eigenvalue weighted by Crippen LogP contribution is 2.27. The molecule has 0 amide bonds. The van der Waals surface area contributed by atoms with E-state index in [1.807, 2.05) is 0 Å². The van der Waals surface area contributed by atoms with Crippen molar-refractivity contribution in [2.24, 2.45) is 0 Å². The molecule has 1 aromatic heterocycles. The van der Waals surface area contributed by atoms with Crippen molar-refractivity contribution in [1.29, 1.82) is 0 Å². The number of aryl methyl sites for hydroxylation is 1. The van der Waals surface area contributed by atoms with E-state index in [9.17, 15) is 4.79 Å². The van der Waals surface area contributed by atoms with Crippen LogP contribution < -0.4 is 5.32 Å². The summed E-state index contributed by atoms with van der Waals surface area (Å²) >= 11 is 5.84. The van der Waals surface area contributed by atoms with Crippen LogP contribution in [-0.2, 0) is 22.4 Å². The maximum atomic E-state index is 11.0. The molecule has 17 heavy (non-hydrogen) atoms. The van der Waals surface area contributed by atoms with Gasteiger partial charge in [0.25, 0.3) is 0 Å². The zero-order chi connectivity index (χ0) is 12.3. The van der Waals surface area contributed by atoms with Crippen LogP contribution in [0.1, 0.15) is 24.1 Å². The third-order valence-corrected chi connectivity index (χ3v) is 2.92. The van der Waals surface area contributed by atoms with Crippen molar-refractivity contribution in [2.75, 3.05) is 19.0 Å². The first-order valence-electron chi connectivity index (χ1n) is 5.56. The second kappa shape index (κ2) is 5.31. The Morgan fingerprint density at radius 1 is 1.47 bits per heavy atom. The van der Waals surface area contributed by atoms with Crippen LogP contribution in [0.25, 0.3) is 0 Å². The first kappa shape index (κ1) is 12.1. The fraction of sp³-hybridized carbons (Fsp3) is 0.545. The standard InChI is InChI=1S/C11H14ClN3O2/c1-17-9(16)5-6-13-10-7-3-2-4-8(7)14-11(12)15-10/h2-6H2,1H3,(H,13,14,15). The van der Waals surface area contributed by atoms with Crippen LogP contribution >= 0.6 is 11.6 Å². The molecule has 0 spiro atoms. The van der Waals surface area contributed by atoms with E-state index in [1.54, 1.807) is 0 Å². The highest BCUT2D eigenvalue weighted by Gasteiger charge is 2.18. The van der Waals surface area contributed by atoms with E-state index in [2.05, 4.69) is 20.0 Å². The average Bonchev–Trinajstić information content (AvgIpc) is 2.76. The largest absolute Gasteiger partial charge is 0.469 e. The maximum absolute atomic E-state index is 11.0. The van der Waals surface area contributed by atoms with Gasteiger partial charge < -0.3 is 10.1 Å². The van der Waals surface area contributed by atoms with Gasteiger partial charge in [0, 0.05) is 12.1 Å². The summed E-state index contributed by atoms with van der Waals surface area (Å²) in [5.41, 5.74) is 2.14. The Balaban J connectivity index is 2.03. The first-order valence-corrected chi connectivity index (χ1v) is 5.94. The number of nitrogens with zero attached hydrogens (tertiary/aromatic N) is 2. The van der Waals surface area contributed by atoms with Gasteiger partial charge in [0.05, 0.1) is 19.2 Å². The van der Waals surface area contributed by atoms with Gasteiger partial charge in [-0.1, -0.05) is 0 Å². The van der Waals surface area contributed by atoms with Crippen molar-refractivity contribution in [1.82, 2.24) is 9.97 Å². The van der Waals surface area contributed by atoms with Crippen molar-refractivity contribution in [3.63, 3.8) is 0 Å². The van der Waals surface area contributed by atoms with Crippen LogP contribution in [0.4, 0.5) is 5.82 Å². The lowest BCUT2D eigenvalue weighted by molar-refractivity contribution is -0.140. The molecule has 92 valence electrons. The summed E-state index contributed by atoms with van der Waals surface area (Å²) < 4.78 is 4.57. The molecular weight excluding hydrogens is 242 g/mol. The molecule has 1 N–H and O–H groups in total. The Kier molecular flexibility index (Phi) is 3.78. The van der Waals surface area contributed by atoms with Crippen LogP contribution in [0.2, 0.25) is 5.28 Å². The number of halogens is 1. The normalized spacial score (nSPS) is 13.3. The van der Waals surface area contributed by atoms with Crippen LogP contribution in [0.3, 0.4) is 0 Å². The SMILES string of the molecule is COC(=O)CCNc1nc(Cl)nc2c1CCC2. The van der Waals surface area contributed by atoms with Gasteiger partial charge in [-0.25, -0.2) is 9.97 Å². The quantitative estimate of drug-likeness (QED) is 0.654. The lowest BCUT2D eigenvalue weighted by Gasteiger charge is -2.09. The topological polar surface area (TPSA) is 64.1 Å². The van der Waals surface area contributed by atoms with Crippen LogP contribution in [0, 0.1) is 0 Å². The number of nitrogens with one attached hydrogen (secondary N) is 1. The minimum atomic E-state index is -0.241. The predicted octanol–water partition coefficient (Wildman–Crippen LogP) is 1.59. The molecule has 0 saturated heterocycles. The van der Waals surface area contributed by atoms with E-state index in [0.29, 0.717) is 13.0 Å². The van der Waals surface area contributed by atoms with Crippen LogP contribution in [0.5, 0.6) is 0 Å².